The second-order valence-electron chi connectivity index (χ2n) is 6.47. The third-order valence-electron chi connectivity index (χ3n) is 4.36. The van der Waals surface area contributed by atoms with Crippen molar-refractivity contribution < 1.29 is 14.6 Å². The zero-order valence-corrected chi connectivity index (χ0v) is 14.7. The van der Waals surface area contributed by atoms with Crippen molar-refractivity contribution in [3.05, 3.63) is 72.4 Å². The molecule has 1 aromatic carbocycles. The molecule has 26 heavy (non-hydrogen) atoms. The highest BCUT2D eigenvalue weighted by molar-refractivity contribution is 5.51. The maximum Gasteiger partial charge on any atom is 0.255 e. The SMILES string of the molecule is OC(O)(CCCCCCc1ccccc1)c1nc(-c2ccccn2)co1. The number of hydrogen-bond acceptors (Lipinski definition) is 5. The van der Waals surface area contributed by atoms with Gasteiger partial charge in [0.05, 0.1) is 5.69 Å². The van der Waals surface area contributed by atoms with Crippen molar-refractivity contribution >= 4 is 0 Å². The molecule has 5 heteroatoms. The van der Waals surface area contributed by atoms with Crippen LogP contribution in [0.5, 0.6) is 0 Å². The van der Waals surface area contributed by atoms with Gasteiger partial charge in [0.2, 0.25) is 5.79 Å². The number of pyridine rings is 1. The molecule has 0 aliphatic carbocycles. The molecule has 2 aromatic heterocycles. The van der Waals surface area contributed by atoms with Crippen LogP contribution in [0.25, 0.3) is 11.4 Å². The van der Waals surface area contributed by atoms with Crippen molar-refractivity contribution in [3.63, 3.8) is 0 Å². The summed E-state index contributed by atoms with van der Waals surface area (Å²) in [6.45, 7) is 0. The predicted molar refractivity (Wildman–Crippen MR) is 99.1 cm³/mol. The number of unbranched alkanes of at least 4 members (excludes halogenated alkanes) is 3. The standard InChI is InChI=1S/C21H24N2O3/c24-21(25,14-8-2-1-4-10-17-11-5-3-6-12-17)20-23-19(16-26-20)18-13-7-9-15-22-18/h3,5-7,9,11-13,15-16,24-25H,1-2,4,8,10,14H2. The third kappa shape index (κ3) is 5.00. The molecule has 0 atom stereocenters. The number of aliphatic hydroxyl groups is 2. The van der Waals surface area contributed by atoms with Crippen molar-refractivity contribution in [1.29, 1.82) is 0 Å². The summed E-state index contributed by atoms with van der Waals surface area (Å²) < 4.78 is 5.27. The fraction of sp³-hybridized carbons (Fsp3) is 0.333. The lowest BCUT2D eigenvalue weighted by molar-refractivity contribution is -0.191. The van der Waals surface area contributed by atoms with Gasteiger partial charge in [-0.05, 0) is 37.0 Å². The van der Waals surface area contributed by atoms with Crippen LogP contribution >= 0.6 is 0 Å². The van der Waals surface area contributed by atoms with Gasteiger partial charge in [0.25, 0.3) is 5.89 Å². The smallest absolute Gasteiger partial charge is 0.255 e. The highest BCUT2D eigenvalue weighted by Gasteiger charge is 2.31. The van der Waals surface area contributed by atoms with Gasteiger partial charge in [0, 0.05) is 12.6 Å². The van der Waals surface area contributed by atoms with Crippen LogP contribution in [0.2, 0.25) is 0 Å². The molecular weight excluding hydrogens is 328 g/mol. The first-order chi connectivity index (χ1) is 12.6. The van der Waals surface area contributed by atoms with Gasteiger partial charge in [-0.1, -0.05) is 49.2 Å². The molecule has 0 amide bonds. The molecule has 136 valence electrons. The first-order valence-electron chi connectivity index (χ1n) is 9.01. The first-order valence-corrected chi connectivity index (χ1v) is 9.01. The Morgan fingerprint density at radius 1 is 0.846 bits per heavy atom. The number of rotatable bonds is 9. The van der Waals surface area contributed by atoms with Crippen molar-refractivity contribution in [2.24, 2.45) is 0 Å². The average molecular weight is 352 g/mol. The molecule has 0 aliphatic heterocycles. The fourth-order valence-electron chi connectivity index (χ4n) is 2.90. The van der Waals surface area contributed by atoms with Crippen molar-refractivity contribution in [2.75, 3.05) is 0 Å². The van der Waals surface area contributed by atoms with Gasteiger partial charge >= 0.3 is 0 Å². The Balaban J connectivity index is 1.43. The number of aromatic nitrogens is 2. The number of nitrogens with zero attached hydrogens (tertiary/aromatic N) is 2. The van der Waals surface area contributed by atoms with Crippen LogP contribution in [-0.4, -0.2) is 20.2 Å². The number of aryl methyl sites for hydroxylation is 1. The minimum absolute atomic E-state index is 0.0811. The molecule has 3 aromatic rings. The van der Waals surface area contributed by atoms with Gasteiger partial charge < -0.3 is 14.6 Å². The molecule has 2 heterocycles. The maximum atomic E-state index is 10.3. The Kier molecular flexibility index (Phi) is 6.15. The van der Waals surface area contributed by atoms with Crippen molar-refractivity contribution in [1.82, 2.24) is 9.97 Å². The summed E-state index contributed by atoms with van der Waals surface area (Å²) in [4.78, 5) is 8.36. The third-order valence-corrected chi connectivity index (χ3v) is 4.36. The maximum absolute atomic E-state index is 10.3. The van der Waals surface area contributed by atoms with E-state index in [-0.39, 0.29) is 12.3 Å². The molecule has 3 rings (SSSR count). The lowest BCUT2D eigenvalue weighted by Crippen LogP contribution is -2.25. The fourth-order valence-corrected chi connectivity index (χ4v) is 2.90. The Morgan fingerprint density at radius 2 is 1.62 bits per heavy atom. The zero-order chi connectivity index (χ0) is 18.2. The van der Waals surface area contributed by atoms with Crippen molar-refractivity contribution in [2.45, 2.75) is 44.3 Å². The lowest BCUT2D eigenvalue weighted by Gasteiger charge is -2.17. The van der Waals surface area contributed by atoms with Crippen LogP contribution in [0, 0.1) is 0 Å². The van der Waals surface area contributed by atoms with Crippen LogP contribution in [0.1, 0.15) is 43.6 Å². The Labute approximate surface area is 153 Å². The van der Waals surface area contributed by atoms with E-state index in [0.717, 1.165) is 25.7 Å². The molecule has 0 radical (unpaired) electrons. The quantitative estimate of drug-likeness (QED) is 0.448. The van der Waals surface area contributed by atoms with Gasteiger partial charge in [-0.25, -0.2) is 4.98 Å². The summed E-state index contributed by atoms with van der Waals surface area (Å²) in [6, 6.07) is 15.8. The average Bonchev–Trinajstić information content (AvgIpc) is 3.17. The van der Waals surface area contributed by atoms with E-state index < -0.39 is 5.79 Å². The topological polar surface area (TPSA) is 79.4 Å². The highest BCUT2D eigenvalue weighted by atomic mass is 16.5. The summed E-state index contributed by atoms with van der Waals surface area (Å²) in [5.41, 5.74) is 2.48. The summed E-state index contributed by atoms with van der Waals surface area (Å²) in [5.74, 6) is -2.13. The summed E-state index contributed by atoms with van der Waals surface area (Å²) in [7, 11) is 0. The van der Waals surface area contributed by atoms with E-state index in [2.05, 4.69) is 34.2 Å². The van der Waals surface area contributed by atoms with E-state index in [1.807, 2.05) is 18.2 Å². The second-order valence-corrected chi connectivity index (χ2v) is 6.47. The minimum Gasteiger partial charge on any atom is -0.443 e. The zero-order valence-electron chi connectivity index (χ0n) is 14.7. The van der Waals surface area contributed by atoms with Crippen LogP contribution in [0.4, 0.5) is 0 Å². The Morgan fingerprint density at radius 3 is 2.38 bits per heavy atom. The minimum atomic E-state index is -2.05. The van der Waals surface area contributed by atoms with Crippen LogP contribution < -0.4 is 0 Å². The Hall–Kier alpha value is -2.50. The van der Waals surface area contributed by atoms with E-state index in [0.29, 0.717) is 17.8 Å². The molecule has 0 fully saturated rings. The summed E-state index contributed by atoms with van der Waals surface area (Å²) >= 11 is 0. The van der Waals surface area contributed by atoms with Gasteiger partial charge in [-0.15, -0.1) is 0 Å². The van der Waals surface area contributed by atoms with E-state index in [1.54, 1.807) is 12.3 Å². The number of benzene rings is 1. The molecule has 2 N–H and O–H groups in total. The number of hydrogen-bond donors (Lipinski definition) is 2. The van der Waals surface area contributed by atoms with Crippen molar-refractivity contribution in [3.8, 4) is 11.4 Å². The van der Waals surface area contributed by atoms with Gasteiger partial charge in [0.1, 0.15) is 12.0 Å². The highest BCUT2D eigenvalue weighted by Crippen LogP contribution is 2.26. The summed E-state index contributed by atoms with van der Waals surface area (Å²) in [5, 5.41) is 20.5. The lowest BCUT2D eigenvalue weighted by atomic mass is 10.0. The van der Waals surface area contributed by atoms with Gasteiger partial charge in [0.15, 0.2) is 0 Å². The number of oxazole rings is 1. The monoisotopic (exact) mass is 352 g/mol. The summed E-state index contributed by atoms with van der Waals surface area (Å²) in [6.07, 6.45) is 8.08. The molecule has 5 nitrogen and oxygen atoms in total. The molecule has 0 saturated heterocycles. The second kappa shape index (κ2) is 8.74. The first kappa shape index (κ1) is 18.3. The molecule has 0 unspecified atom stereocenters. The largest absolute Gasteiger partial charge is 0.443 e. The molecule has 0 saturated carbocycles. The van der Waals surface area contributed by atoms with Gasteiger partial charge in [-0.2, -0.15) is 0 Å². The predicted octanol–water partition coefficient (Wildman–Crippen LogP) is 4.07. The molecular formula is C21H24N2O3. The normalized spacial score (nSPS) is 11.6. The van der Waals surface area contributed by atoms with E-state index >= 15 is 0 Å². The molecule has 0 aliphatic rings. The van der Waals surface area contributed by atoms with Gasteiger partial charge in [-0.3, -0.25) is 4.98 Å². The van der Waals surface area contributed by atoms with E-state index in [4.69, 9.17) is 4.42 Å². The Bertz CT molecular complexity index is 785. The van der Waals surface area contributed by atoms with E-state index in [1.165, 1.54) is 11.8 Å². The van der Waals surface area contributed by atoms with E-state index in [9.17, 15) is 10.2 Å². The van der Waals surface area contributed by atoms with Crippen LogP contribution in [-0.2, 0) is 12.2 Å². The molecule has 0 spiro atoms. The molecule has 0 bridgehead atoms. The van der Waals surface area contributed by atoms with Crippen LogP contribution in [0.15, 0.2) is 65.4 Å². The van der Waals surface area contributed by atoms with Crippen LogP contribution in [0.3, 0.4) is 0 Å².